The first-order valence-corrected chi connectivity index (χ1v) is 6.56. The van der Waals surface area contributed by atoms with Crippen molar-refractivity contribution in [2.45, 2.75) is 38.3 Å². The van der Waals surface area contributed by atoms with Crippen molar-refractivity contribution in [3.05, 3.63) is 0 Å². The highest BCUT2D eigenvalue weighted by molar-refractivity contribution is 5.84. The predicted molar refractivity (Wildman–Crippen MR) is 67.1 cm³/mol. The Morgan fingerprint density at radius 1 is 1.29 bits per heavy atom. The number of ketones is 1. The van der Waals surface area contributed by atoms with Crippen LogP contribution >= 0.6 is 0 Å². The lowest BCUT2D eigenvalue weighted by Crippen LogP contribution is -2.63. The largest absolute Gasteiger partial charge is 0.379 e. The van der Waals surface area contributed by atoms with Gasteiger partial charge in [-0.05, 0) is 20.3 Å². The van der Waals surface area contributed by atoms with E-state index in [9.17, 15) is 4.79 Å². The molecule has 3 heterocycles. The number of hydrogen-bond donors (Lipinski definition) is 0. The van der Waals surface area contributed by atoms with E-state index in [0.29, 0.717) is 12.2 Å². The Morgan fingerprint density at radius 3 is 2.41 bits per heavy atom. The zero-order chi connectivity index (χ0) is 12.5. The van der Waals surface area contributed by atoms with Gasteiger partial charge in [0.05, 0.1) is 11.6 Å². The van der Waals surface area contributed by atoms with E-state index >= 15 is 0 Å². The van der Waals surface area contributed by atoms with Crippen molar-refractivity contribution in [2.24, 2.45) is 0 Å². The van der Waals surface area contributed by atoms with Crippen LogP contribution in [0.15, 0.2) is 0 Å². The van der Waals surface area contributed by atoms with Crippen LogP contribution in [-0.4, -0.2) is 67.1 Å². The Labute approximate surface area is 104 Å². The SMILES string of the molecule is COC(C)(C)CCC(=O)C1CN2CCN1CC2. The van der Waals surface area contributed by atoms with Crippen LogP contribution in [-0.2, 0) is 9.53 Å². The average Bonchev–Trinajstić information content (AvgIpc) is 2.37. The third-order valence-corrected chi connectivity index (χ3v) is 4.18. The second kappa shape index (κ2) is 5.04. The first-order chi connectivity index (χ1) is 8.02. The third kappa shape index (κ3) is 3.06. The van der Waals surface area contributed by atoms with Crippen LogP contribution in [0.2, 0.25) is 0 Å². The van der Waals surface area contributed by atoms with E-state index < -0.39 is 0 Å². The number of nitrogens with zero attached hydrogens (tertiary/aromatic N) is 2. The molecule has 0 saturated carbocycles. The van der Waals surface area contributed by atoms with Crippen molar-refractivity contribution in [1.29, 1.82) is 0 Å². The summed E-state index contributed by atoms with van der Waals surface area (Å²) < 4.78 is 5.36. The Kier molecular flexibility index (Phi) is 3.85. The van der Waals surface area contributed by atoms with Crippen molar-refractivity contribution in [1.82, 2.24) is 9.80 Å². The molecular weight excluding hydrogens is 216 g/mol. The standard InChI is InChI=1S/C13H24N2O2/c1-13(2,17-3)5-4-12(16)11-10-14-6-8-15(11)9-7-14/h11H,4-10H2,1-3H3. The van der Waals surface area contributed by atoms with Gasteiger partial charge in [0.2, 0.25) is 0 Å². The number of piperazine rings is 3. The normalized spacial score (nSPS) is 32.8. The number of fused-ring (bicyclic) bond motifs is 3. The second-order valence-electron chi connectivity index (χ2n) is 5.78. The average molecular weight is 240 g/mol. The topological polar surface area (TPSA) is 32.8 Å². The van der Waals surface area contributed by atoms with E-state index in [4.69, 9.17) is 4.74 Å². The summed E-state index contributed by atoms with van der Waals surface area (Å²) in [5, 5.41) is 0. The quantitative estimate of drug-likeness (QED) is 0.710. The zero-order valence-corrected chi connectivity index (χ0v) is 11.2. The molecule has 1 atom stereocenters. The molecule has 0 radical (unpaired) electrons. The summed E-state index contributed by atoms with van der Waals surface area (Å²) in [6.07, 6.45) is 1.45. The van der Waals surface area contributed by atoms with Crippen LogP contribution in [0.3, 0.4) is 0 Å². The molecule has 98 valence electrons. The summed E-state index contributed by atoms with van der Waals surface area (Å²) in [5.74, 6) is 0.388. The molecule has 17 heavy (non-hydrogen) atoms. The van der Waals surface area contributed by atoms with Crippen LogP contribution in [0.5, 0.6) is 0 Å². The third-order valence-electron chi connectivity index (χ3n) is 4.18. The van der Waals surface area contributed by atoms with Crippen LogP contribution in [0.4, 0.5) is 0 Å². The van der Waals surface area contributed by atoms with Crippen molar-refractivity contribution >= 4 is 5.78 Å². The van der Waals surface area contributed by atoms with Gasteiger partial charge in [0.15, 0.2) is 5.78 Å². The molecule has 3 saturated heterocycles. The molecule has 4 nitrogen and oxygen atoms in total. The summed E-state index contributed by atoms with van der Waals surface area (Å²) in [7, 11) is 1.71. The van der Waals surface area contributed by atoms with Gasteiger partial charge in [-0.15, -0.1) is 0 Å². The predicted octanol–water partition coefficient (Wildman–Crippen LogP) is 0.760. The zero-order valence-electron chi connectivity index (χ0n) is 11.2. The molecule has 0 spiro atoms. The van der Waals surface area contributed by atoms with Gasteiger partial charge in [-0.1, -0.05) is 0 Å². The maximum atomic E-state index is 12.2. The smallest absolute Gasteiger partial charge is 0.151 e. The molecule has 0 N–H and O–H groups in total. The summed E-state index contributed by atoms with van der Waals surface area (Å²) in [6, 6.07) is 0.144. The van der Waals surface area contributed by atoms with Crippen molar-refractivity contribution < 1.29 is 9.53 Å². The summed E-state index contributed by atoms with van der Waals surface area (Å²) in [6.45, 7) is 9.40. The minimum Gasteiger partial charge on any atom is -0.379 e. The van der Waals surface area contributed by atoms with Crippen LogP contribution in [0.25, 0.3) is 0 Å². The second-order valence-corrected chi connectivity index (χ2v) is 5.78. The number of ether oxygens (including phenoxy) is 1. The molecule has 2 bridgehead atoms. The highest BCUT2D eigenvalue weighted by Gasteiger charge is 2.36. The van der Waals surface area contributed by atoms with Gasteiger partial charge in [-0.2, -0.15) is 0 Å². The lowest BCUT2D eigenvalue weighted by molar-refractivity contribution is -0.130. The number of rotatable bonds is 5. The van der Waals surface area contributed by atoms with Crippen LogP contribution < -0.4 is 0 Å². The Balaban J connectivity index is 1.84. The molecule has 0 aromatic rings. The molecule has 1 unspecified atom stereocenters. The number of carbonyl (C=O) groups is 1. The van der Waals surface area contributed by atoms with Crippen molar-refractivity contribution in [3.8, 4) is 0 Å². The fraction of sp³-hybridized carbons (Fsp3) is 0.923. The van der Waals surface area contributed by atoms with E-state index in [-0.39, 0.29) is 11.6 Å². The van der Waals surface area contributed by atoms with Gasteiger partial charge in [-0.25, -0.2) is 0 Å². The molecule has 0 aromatic carbocycles. The Hall–Kier alpha value is -0.450. The van der Waals surface area contributed by atoms with Gasteiger partial charge in [0.1, 0.15) is 0 Å². The van der Waals surface area contributed by atoms with E-state index in [2.05, 4.69) is 9.80 Å². The molecule has 4 heteroatoms. The highest BCUT2D eigenvalue weighted by atomic mass is 16.5. The Bertz CT molecular complexity index is 283. The van der Waals surface area contributed by atoms with E-state index in [1.54, 1.807) is 7.11 Å². The van der Waals surface area contributed by atoms with Gasteiger partial charge in [0.25, 0.3) is 0 Å². The molecule has 3 rings (SSSR count). The minimum absolute atomic E-state index is 0.144. The fourth-order valence-electron chi connectivity index (χ4n) is 2.62. The van der Waals surface area contributed by atoms with Crippen LogP contribution in [0.1, 0.15) is 26.7 Å². The number of Topliss-reactive ketones (excluding diaryl/α,β-unsaturated/α-hetero) is 1. The Morgan fingerprint density at radius 2 is 1.94 bits per heavy atom. The fourth-order valence-corrected chi connectivity index (χ4v) is 2.62. The molecule has 0 amide bonds. The van der Waals surface area contributed by atoms with E-state index in [1.165, 1.54) is 0 Å². The molecule has 3 fully saturated rings. The monoisotopic (exact) mass is 240 g/mol. The highest BCUT2D eigenvalue weighted by Crippen LogP contribution is 2.21. The maximum Gasteiger partial charge on any atom is 0.151 e. The van der Waals surface area contributed by atoms with Gasteiger partial charge in [-0.3, -0.25) is 14.6 Å². The first-order valence-electron chi connectivity index (χ1n) is 6.56. The number of hydrogen-bond acceptors (Lipinski definition) is 4. The van der Waals surface area contributed by atoms with Crippen molar-refractivity contribution in [3.63, 3.8) is 0 Å². The lowest BCUT2D eigenvalue weighted by Gasteiger charge is -2.46. The summed E-state index contributed by atoms with van der Waals surface area (Å²) in [4.78, 5) is 17.0. The summed E-state index contributed by atoms with van der Waals surface area (Å²) >= 11 is 0. The van der Waals surface area contributed by atoms with Crippen molar-refractivity contribution in [2.75, 3.05) is 39.8 Å². The minimum atomic E-state index is -0.182. The lowest BCUT2D eigenvalue weighted by atomic mass is 9.95. The van der Waals surface area contributed by atoms with Gasteiger partial charge >= 0.3 is 0 Å². The van der Waals surface area contributed by atoms with Gasteiger partial charge < -0.3 is 4.74 Å². The first kappa shape index (κ1) is 13.0. The molecule has 3 aliphatic rings. The number of methoxy groups -OCH3 is 1. The molecule has 0 aromatic heterocycles. The molecule has 3 aliphatic heterocycles. The molecule has 0 aliphatic carbocycles. The summed E-state index contributed by atoms with van der Waals surface area (Å²) in [5.41, 5.74) is -0.182. The molecular formula is C13H24N2O2. The van der Waals surface area contributed by atoms with E-state index in [1.807, 2.05) is 13.8 Å². The van der Waals surface area contributed by atoms with E-state index in [0.717, 1.165) is 39.1 Å². The van der Waals surface area contributed by atoms with Gasteiger partial charge in [0, 0.05) is 46.3 Å². The number of carbonyl (C=O) groups excluding carboxylic acids is 1. The maximum absolute atomic E-state index is 12.2. The van der Waals surface area contributed by atoms with Crippen LogP contribution in [0, 0.1) is 0 Å².